The van der Waals surface area contributed by atoms with Crippen molar-refractivity contribution >= 4 is 32.7 Å². The molecule has 7 nitrogen and oxygen atoms in total. The number of amides is 1. The highest BCUT2D eigenvalue weighted by Gasteiger charge is 2.17. The third kappa shape index (κ3) is 4.18. The van der Waals surface area contributed by atoms with Crippen LogP contribution in [0, 0.1) is 5.82 Å². The molecule has 0 saturated heterocycles. The average Bonchev–Trinajstić information content (AvgIpc) is 3.17. The van der Waals surface area contributed by atoms with Crippen LogP contribution in [0.2, 0.25) is 0 Å². The van der Waals surface area contributed by atoms with Crippen molar-refractivity contribution in [1.82, 2.24) is 14.3 Å². The fraction of sp³-hybridized carbons (Fsp3) is 0.0909. The van der Waals surface area contributed by atoms with Crippen molar-refractivity contribution < 1.29 is 17.6 Å². The van der Waals surface area contributed by atoms with E-state index in [1.54, 1.807) is 30.3 Å². The molecule has 1 heterocycles. The van der Waals surface area contributed by atoms with E-state index >= 15 is 0 Å². The number of carbonyl (C=O) groups is 1. The molecule has 2 N–H and O–H groups in total. The molecule has 0 saturated carbocycles. The van der Waals surface area contributed by atoms with Crippen LogP contribution in [0.4, 0.5) is 10.1 Å². The summed E-state index contributed by atoms with van der Waals surface area (Å²) < 4.78 is 38.5. The number of nitrogens with zero attached hydrogens (tertiary/aromatic N) is 2. The van der Waals surface area contributed by atoms with Gasteiger partial charge in [-0.05, 0) is 66.7 Å². The van der Waals surface area contributed by atoms with Crippen molar-refractivity contribution in [2.45, 2.75) is 4.90 Å². The van der Waals surface area contributed by atoms with E-state index in [4.69, 9.17) is 0 Å². The summed E-state index contributed by atoms with van der Waals surface area (Å²) >= 11 is 0. The number of imidazole rings is 1. The Bertz CT molecular complexity index is 1360. The van der Waals surface area contributed by atoms with Gasteiger partial charge in [-0.3, -0.25) is 4.79 Å². The maximum atomic E-state index is 13.1. The van der Waals surface area contributed by atoms with Crippen molar-refractivity contribution in [2.75, 3.05) is 19.4 Å². The molecule has 0 unspecified atom stereocenters. The zero-order valence-electron chi connectivity index (χ0n) is 16.8. The first kappa shape index (κ1) is 20.7. The van der Waals surface area contributed by atoms with Gasteiger partial charge in [0.25, 0.3) is 5.91 Å². The first-order valence-electron chi connectivity index (χ1n) is 9.34. The summed E-state index contributed by atoms with van der Waals surface area (Å²) in [6, 6.07) is 17.0. The van der Waals surface area contributed by atoms with Gasteiger partial charge >= 0.3 is 0 Å². The van der Waals surface area contributed by atoms with Gasteiger partial charge in [0.05, 0.1) is 15.9 Å². The quantitative estimate of drug-likeness (QED) is 0.494. The number of benzene rings is 3. The smallest absolute Gasteiger partial charge is 0.255 e. The Morgan fingerprint density at radius 2 is 1.68 bits per heavy atom. The molecule has 0 atom stereocenters. The van der Waals surface area contributed by atoms with Crippen LogP contribution in [0.15, 0.2) is 71.6 Å². The first-order chi connectivity index (χ1) is 14.7. The van der Waals surface area contributed by atoms with Gasteiger partial charge in [0, 0.05) is 30.9 Å². The number of carbonyl (C=O) groups excluding carboxylic acids is 1. The maximum absolute atomic E-state index is 13.1. The Labute approximate surface area is 178 Å². The zero-order valence-corrected chi connectivity index (χ0v) is 17.6. The van der Waals surface area contributed by atoms with Crippen LogP contribution in [0.3, 0.4) is 0 Å². The molecule has 31 heavy (non-hydrogen) atoms. The number of sulfonamides is 1. The summed E-state index contributed by atoms with van der Waals surface area (Å²) in [5.74, 6) is -0.0974. The molecule has 4 aromatic rings. The topological polar surface area (TPSA) is 95.2 Å². The third-order valence-corrected chi connectivity index (χ3v) is 6.58. The molecule has 0 bridgehead atoms. The van der Waals surface area contributed by atoms with Crippen molar-refractivity contribution in [3.05, 3.63) is 78.1 Å². The zero-order chi connectivity index (χ0) is 22.2. The van der Waals surface area contributed by atoms with E-state index in [-0.39, 0.29) is 16.6 Å². The monoisotopic (exact) mass is 438 g/mol. The summed E-state index contributed by atoms with van der Waals surface area (Å²) in [6.07, 6.45) is 0. The molecule has 158 valence electrons. The van der Waals surface area contributed by atoms with E-state index in [1.165, 1.54) is 50.5 Å². The van der Waals surface area contributed by atoms with E-state index in [0.717, 1.165) is 9.87 Å². The van der Waals surface area contributed by atoms with Gasteiger partial charge in [0.1, 0.15) is 11.6 Å². The fourth-order valence-corrected chi connectivity index (χ4v) is 3.93. The van der Waals surface area contributed by atoms with Crippen LogP contribution in [-0.4, -0.2) is 42.7 Å². The lowest BCUT2D eigenvalue weighted by Gasteiger charge is -2.11. The molecule has 1 amide bonds. The summed E-state index contributed by atoms with van der Waals surface area (Å²) in [5.41, 5.74) is 3.04. The normalized spacial score (nSPS) is 11.7. The molecule has 0 aliphatic carbocycles. The standard InChI is InChI=1S/C22H19FN4O3S/c1-27(2)31(29,30)18-10-5-15(6-11-18)22(28)24-17-9-12-19-20(13-17)26-21(25-19)14-3-7-16(23)8-4-14/h3-13H,1-2H3,(H,24,28)(H,25,26). The van der Waals surface area contributed by atoms with E-state index in [2.05, 4.69) is 15.3 Å². The lowest BCUT2D eigenvalue weighted by atomic mass is 10.2. The van der Waals surface area contributed by atoms with Crippen LogP contribution >= 0.6 is 0 Å². The Hall–Kier alpha value is -3.56. The molecule has 0 aliphatic rings. The van der Waals surface area contributed by atoms with Gasteiger partial charge in [0.15, 0.2) is 0 Å². The number of aromatic amines is 1. The number of halogens is 1. The van der Waals surface area contributed by atoms with Crippen molar-refractivity contribution in [1.29, 1.82) is 0 Å². The number of aromatic nitrogens is 2. The molecule has 0 aliphatic heterocycles. The van der Waals surface area contributed by atoms with Gasteiger partial charge in [-0.15, -0.1) is 0 Å². The van der Waals surface area contributed by atoms with Crippen LogP contribution in [0.1, 0.15) is 10.4 Å². The van der Waals surface area contributed by atoms with Crippen LogP contribution < -0.4 is 5.32 Å². The summed E-state index contributed by atoms with van der Waals surface area (Å²) in [5, 5.41) is 2.79. The highest BCUT2D eigenvalue weighted by molar-refractivity contribution is 7.89. The highest BCUT2D eigenvalue weighted by Crippen LogP contribution is 2.23. The molecule has 0 radical (unpaired) electrons. The number of fused-ring (bicyclic) bond motifs is 1. The van der Waals surface area contributed by atoms with Crippen molar-refractivity contribution in [3.63, 3.8) is 0 Å². The second kappa shape index (κ2) is 7.93. The van der Waals surface area contributed by atoms with Gasteiger partial charge in [-0.25, -0.2) is 22.1 Å². The predicted octanol–water partition coefficient (Wildman–Crippen LogP) is 3.87. The molecule has 3 aromatic carbocycles. The maximum Gasteiger partial charge on any atom is 0.255 e. The largest absolute Gasteiger partial charge is 0.338 e. The van der Waals surface area contributed by atoms with Crippen LogP contribution in [0.5, 0.6) is 0 Å². The summed E-state index contributed by atoms with van der Waals surface area (Å²) in [7, 11) is -0.661. The van der Waals surface area contributed by atoms with Crippen LogP contribution in [0.25, 0.3) is 22.4 Å². The second-order valence-electron chi connectivity index (χ2n) is 7.09. The molecule has 1 aromatic heterocycles. The fourth-order valence-electron chi connectivity index (χ4n) is 3.02. The van der Waals surface area contributed by atoms with Crippen molar-refractivity contribution in [2.24, 2.45) is 0 Å². The number of nitrogens with one attached hydrogen (secondary N) is 2. The molecular weight excluding hydrogens is 419 g/mol. The van der Waals surface area contributed by atoms with E-state index in [1.807, 2.05) is 0 Å². The Balaban J connectivity index is 1.54. The minimum atomic E-state index is -3.56. The highest BCUT2D eigenvalue weighted by atomic mass is 32.2. The average molecular weight is 438 g/mol. The second-order valence-corrected chi connectivity index (χ2v) is 9.24. The number of anilines is 1. The summed E-state index contributed by atoms with van der Waals surface area (Å²) in [6.45, 7) is 0. The van der Waals surface area contributed by atoms with Gasteiger partial charge in [-0.1, -0.05) is 0 Å². The Morgan fingerprint density at radius 3 is 2.32 bits per heavy atom. The lowest BCUT2D eigenvalue weighted by molar-refractivity contribution is 0.102. The lowest BCUT2D eigenvalue weighted by Crippen LogP contribution is -2.22. The van der Waals surface area contributed by atoms with E-state index in [9.17, 15) is 17.6 Å². The Kier molecular flexibility index (Phi) is 5.30. The number of hydrogen-bond acceptors (Lipinski definition) is 4. The van der Waals surface area contributed by atoms with Crippen molar-refractivity contribution in [3.8, 4) is 11.4 Å². The van der Waals surface area contributed by atoms with Gasteiger partial charge in [-0.2, -0.15) is 0 Å². The predicted molar refractivity (Wildman–Crippen MR) is 117 cm³/mol. The first-order valence-corrected chi connectivity index (χ1v) is 10.8. The minimum absolute atomic E-state index is 0.112. The number of H-pyrrole nitrogens is 1. The third-order valence-electron chi connectivity index (χ3n) is 4.75. The van der Waals surface area contributed by atoms with E-state index in [0.29, 0.717) is 28.1 Å². The molecular formula is C22H19FN4O3S. The van der Waals surface area contributed by atoms with Crippen LogP contribution in [-0.2, 0) is 10.0 Å². The number of rotatable bonds is 5. The molecule has 9 heteroatoms. The SMILES string of the molecule is CN(C)S(=O)(=O)c1ccc(C(=O)Nc2ccc3nc(-c4ccc(F)cc4)[nH]c3c2)cc1. The molecule has 0 spiro atoms. The van der Waals surface area contributed by atoms with Gasteiger partial charge < -0.3 is 10.3 Å². The minimum Gasteiger partial charge on any atom is -0.338 e. The summed E-state index contributed by atoms with van der Waals surface area (Å²) in [4.78, 5) is 20.3. The molecule has 0 fully saturated rings. The van der Waals surface area contributed by atoms with E-state index < -0.39 is 10.0 Å². The molecule has 4 rings (SSSR count). The Morgan fingerprint density at radius 1 is 1.00 bits per heavy atom. The van der Waals surface area contributed by atoms with Gasteiger partial charge in [0.2, 0.25) is 10.0 Å². The number of hydrogen-bond donors (Lipinski definition) is 2.